The number of benzene rings is 2. The summed E-state index contributed by atoms with van der Waals surface area (Å²) in [7, 11) is 0. The average Bonchev–Trinajstić information content (AvgIpc) is 2.56. The molecule has 0 aliphatic rings. The molecule has 2 nitrogen and oxygen atoms in total. The van der Waals surface area contributed by atoms with Crippen molar-refractivity contribution in [3.63, 3.8) is 0 Å². The zero-order chi connectivity index (χ0) is 16.9. The van der Waals surface area contributed by atoms with Gasteiger partial charge in [-0.1, -0.05) is 72.8 Å². The van der Waals surface area contributed by atoms with Crippen LogP contribution in [0.4, 0.5) is 0 Å². The Kier molecular flexibility index (Phi) is 5.28. The molecule has 1 unspecified atom stereocenters. The molecule has 0 bridgehead atoms. The molecule has 0 amide bonds. The first-order valence-electron chi connectivity index (χ1n) is 7.76. The second-order valence-corrected chi connectivity index (χ2v) is 5.97. The predicted octanol–water partition coefficient (Wildman–Crippen LogP) is 4.67. The van der Waals surface area contributed by atoms with E-state index < -0.39 is 5.41 Å². The third-order valence-electron chi connectivity index (χ3n) is 4.52. The fourth-order valence-electron chi connectivity index (χ4n) is 2.75. The van der Waals surface area contributed by atoms with Gasteiger partial charge in [0.2, 0.25) is 0 Å². The van der Waals surface area contributed by atoms with Crippen LogP contribution in [0.1, 0.15) is 37.8 Å². The molecule has 0 heterocycles. The second-order valence-electron chi connectivity index (χ2n) is 5.97. The molecule has 2 heteroatoms. The van der Waals surface area contributed by atoms with Crippen molar-refractivity contribution in [2.75, 3.05) is 0 Å². The highest BCUT2D eigenvalue weighted by molar-refractivity contribution is 6.06. The van der Waals surface area contributed by atoms with E-state index in [0.29, 0.717) is 0 Å². The Labute approximate surface area is 137 Å². The van der Waals surface area contributed by atoms with E-state index in [1.165, 1.54) is 13.8 Å². The summed E-state index contributed by atoms with van der Waals surface area (Å²) >= 11 is 0. The van der Waals surface area contributed by atoms with Crippen molar-refractivity contribution in [3.05, 3.63) is 77.9 Å². The summed E-state index contributed by atoms with van der Waals surface area (Å²) in [5.41, 5.74) is 0.947. The van der Waals surface area contributed by atoms with Crippen molar-refractivity contribution in [2.24, 2.45) is 5.41 Å². The first-order valence-corrected chi connectivity index (χ1v) is 7.76. The van der Waals surface area contributed by atoms with Gasteiger partial charge in [0.25, 0.3) is 0 Å². The van der Waals surface area contributed by atoms with Gasteiger partial charge in [-0.3, -0.25) is 9.59 Å². The summed E-state index contributed by atoms with van der Waals surface area (Å²) in [6, 6.07) is 19.6. The van der Waals surface area contributed by atoms with Gasteiger partial charge in [0.15, 0.2) is 0 Å². The van der Waals surface area contributed by atoms with E-state index in [0.717, 1.165) is 11.1 Å². The van der Waals surface area contributed by atoms with Gasteiger partial charge in [0.1, 0.15) is 11.6 Å². The van der Waals surface area contributed by atoms with Gasteiger partial charge >= 0.3 is 0 Å². The minimum atomic E-state index is -1.06. The monoisotopic (exact) mass is 306 g/mol. The number of hydrogen-bond donors (Lipinski definition) is 0. The number of carbonyl (C=O) groups is 2. The lowest BCUT2D eigenvalue weighted by Crippen LogP contribution is -2.38. The molecule has 2 aromatic carbocycles. The average molecular weight is 306 g/mol. The van der Waals surface area contributed by atoms with Crippen molar-refractivity contribution in [1.82, 2.24) is 0 Å². The van der Waals surface area contributed by atoms with E-state index in [1.807, 2.05) is 72.8 Å². The zero-order valence-corrected chi connectivity index (χ0v) is 13.8. The Morgan fingerprint density at radius 1 is 0.870 bits per heavy atom. The van der Waals surface area contributed by atoms with Gasteiger partial charge < -0.3 is 0 Å². The topological polar surface area (TPSA) is 34.1 Å². The highest BCUT2D eigenvalue weighted by Gasteiger charge is 2.42. The van der Waals surface area contributed by atoms with Crippen LogP contribution in [0.5, 0.6) is 0 Å². The molecule has 118 valence electrons. The van der Waals surface area contributed by atoms with Crippen LogP contribution in [0.15, 0.2) is 66.7 Å². The summed E-state index contributed by atoms with van der Waals surface area (Å²) in [6.07, 6.45) is 3.94. The second kappa shape index (κ2) is 7.19. The Morgan fingerprint density at radius 2 is 1.35 bits per heavy atom. The minimum Gasteiger partial charge on any atom is -0.299 e. The number of Topliss-reactive ketones (excluding diaryl/α,β-unsaturated/α-hetero) is 2. The quantitative estimate of drug-likeness (QED) is 0.727. The van der Waals surface area contributed by atoms with Gasteiger partial charge in [-0.2, -0.15) is 0 Å². The number of allylic oxidation sites excluding steroid dienone is 1. The first kappa shape index (κ1) is 16.9. The van der Waals surface area contributed by atoms with Gasteiger partial charge in [0, 0.05) is 5.92 Å². The Balaban J connectivity index is 2.50. The van der Waals surface area contributed by atoms with Crippen LogP contribution in [-0.4, -0.2) is 11.6 Å². The Morgan fingerprint density at radius 3 is 1.83 bits per heavy atom. The first-order chi connectivity index (χ1) is 11.0. The van der Waals surface area contributed by atoms with E-state index in [9.17, 15) is 9.59 Å². The lowest BCUT2D eigenvalue weighted by Gasteiger charge is -2.32. The van der Waals surface area contributed by atoms with Crippen molar-refractivity contribution in [1.29, 1.82) is 0 Å². The normalized spacial score (nSPS) is 13.0. The molecular formula is C21H22O2. The molecule has 0 N–H and O–H groups in total. The minimum absolute atomic E-state index is 0.114. The lowest BCUT2D eigenvalue weighted by atomic mass is 9.68. The van der Waals surface area contributed by atoms with Crippen molar-refractivity contribution in [2.45, 2.75) is 26.7 Å². The van der Waals surface area contributed by atoms with Crippen molar-refractivity contribution in [3.8, 4) is 0 Å². The van der Waals surface area contributed by atoms with Gasteiger partial charge in [-0.05, 0) is 31.9 Å². The summed E-state index contributed by atoms with van der Waals surface area (Å²) in [4.78, 5) is 24.6. The largest absolute Gasteiger partial charge is 0.299 e. The summed E-state index contributed by atoms with van der Waals surface area (Å²) < 4.78 is 0. The van der Waals surface area contributed by atoms with Crippen molar-refractivity contribution >= 4 is 17.6 Å². The van der Waals surface area contributed by atoms with E-state index in [2.05, 4.69) is 0 Å². The molecule has 1 atom stereocenters. The molecule has 23 heavy (non-hydrogen) atoms. The number of hydrogen-bond acceptors (Lipinski definition) is 2. The van der Waals surface area contributed by atoms with Gasteiger partial charge in [-0.25, -0.2) is 0 Å². The van der Waals surface area contributed by atoms with Crippen LogP contribution in [0.3, 0.4) is 0 Å². The van der Waals surface area contributed by atoms with E-state index in [-0.39, 0.29) is 17.5 Å². The maximum atomic E-state index is 12.3. The summed E-state index contributed by atoms with van der Waals surface area (Å²) in [5.74, 6) is -0.521. The molecule has 0 fully saturated rings. The molecule has 2 aromatic rings. The third-order valence-corrected chi connectivity index (χ3v) is 4.52. The van der Waals surface area contributed by atoms with Crippen LogP contribution in [-0.2, 0) is 9.59 Å². The molecule has 0 aliphatic heterocycles. The lowest BCUT2D eigenvalue weighted by molar-refractivity contribution is -0.138. The summed E-state index contributed by atoms with van der Waals surface area (Å²) in [5, 5.41) is 0. The fraction of sp³-hybridized carbons (Fsp3) is 0.238. The van der Waals surface area contributed by atoms with Crippen LogP contribution >= 0.6 is 0 Å². The number of ketones is 2. The van der Waals surface area contributed by atoms with E-state index in [4.69, 9.17) is 0 Å². The van der Waals surface area contributed by atoms with Crippen LogP contribution < -0.4 is 0 Å². The molecule has 0 saturated carbocycles. The van der Waals surface area contributed by atoms with E-state index >= 15 is 0 Å². The molecule has 0 spiro atoms. The maximum Gasteiger partial charge on any atom is 0.143 e. The molecule has 2 rings (SSSR count). The predicted molar refractivity (Wildman–Crippen MR) is 94.1 cm³/mol. The fourth-order valence-corrected chi connectivity index (χ4v) is 2.75. The smallest absolute Gasteiger partial charge is 0.143 e. The Hall–Kier alpha value is -2.48. The van der Waals surface area contributed by atoms with Gasteiger partial charge in [-0.15, -0.1) is 0 Å². The molecular weight excluding hydrogens is 284 g/mol. The highest BCUT2D eigenvalue weighted by atomic mass is 16.2. The Bertz CT molecular complexity index is 685. The van der Waals surface area contributed by atoms with Crippen LogP contribution in [0.25, 0.3) is 6.08 Å². The zero-order valence-electron chi connectivity index (χ0n) is 13.8. The molecule has 0 aliphatic carbocycles. The van der Waals surface area contributed by atoms with Crippen LogP contribution in [0.2, 0.25) is 0 Å². The van der Waals surface area contributed by atoms with Crippen molar-refractivity contribution < 1.29 is 9.59 Å². The molecule has 0 saturated heterocycles. The van der Waals surface area contributed by atoms with Crippen LogP contribution in [0, 0.1) is 5.41 Å². The summed E-state index contributed by atoms with van der Waals surface area (Å²) in [6.45, 7) is 4.73. The highest BCUT2D eigenvalue weighted by Crippen LogP contribution is 2.39. The molecule has 0 radical (unpaired) electrons. The van der Waals surface area contributed by atoms with E-state index in [1.54, 1.807) is 6.92 Å². The standard InChI is InChI=1S/C21H22O2/c1-16(22)21(3,17(2)23)20(19-12-8-5-9-13-19)15-14-18-10-6-4-7-11-18/h4-15,20H,1-3H3/b15-14+. The third kappa shape index (κ3) is 3.65. The SMILES string of the molecule is CC(=O)C(C)(C(C)=O)C(/C=C/c1ccccc1)c1ccccc1. The maximum absolute atomic E-state index is 12.3. The number of rotatable bonds is 6. The molecule has 0 aromatic heterocycles. The van der Waals surface area contributed by atoms with Gasteiger partial charge in [0.05, 0.1) is 5.41 Å². The number of carbonyl (C=O) groups excluding carboxylic acids is 2.